The summed E-state index contributed by atoms with van der Waals surface area (Å²) in [5.41, 5.74) is 5.19. The molecule has 0 saturated carbocycles. The molecule has 1 fully saturated rings. The summed E-state index contributed by atoms with van der Waals surface area (Å²) in [7, 11) is -3.40. The van der Waals surface area contributed by atoms with E-state index in [1.54, 1.807) is 16.4 Å². The van der Waals surface area contributed by atoms with Gasteiger partial charge in [0.1, 0.15) is 0 Å². The first-order chi connectivity index (χ1) is 10.8. The van der Waals surface area contributed by atoms with Gasteiger partial charge in [0, 0.05) is 19.0 Å². The van der Waals surface area contributed by atoms with Crippen LogP contribution in [-0.4, -0.2) is 25.8 Å². The maximum Gasteiger partial charge on any atom is 0.243 e. The van der Waals surface area contributed by atoms with Crippen LogP contribution < -0.4 is 0 Å². The second-order valence-corrected chi connectivity index (χ2v) is 9.06. The molecule has 0 spiro atoms. The molecule has 0 bridgehead atoms. The Balaban J connectivity index is 1.92. The molecule has 1 aliphatic carbocycles. The SMILES string of the molecule is CC1=CC2CN(S(=O)(=O)c3ccc(C)cc3)CC2C(=C(C)C)C1. The van der Waals surface area contributed by atoms with Crippen molar-refractivity contribution in [3.63, 3.8) is 0 Å². The lowest BCUT2D eigenvalue weighted by atomic mass is 9.78. The first kappa shape index (κ1) is 16.5. The largest absolute Gasteiger partial charge is 0.243 e. The van der Waals surface area contributed by atoms with Crippen LogP contribution in [-0.2, 0) is 10.0 Å². The number of benzene rings is 1. The van der Waals surface area contributed by atoms with Crippen molar-refractivity contribution in [2.24, 2.45) is 11.8 Å². The number of fused-ring (bicyclic) bond motifs is 1. The number of allylic oxidation sites excluding steroid dienone is 2. The molecule has 4 heteroatoms. The summed E-state index contributed by atoms with van der Waals surface area (Å²) in [4.78, 5) is 0.404. The predicted molar refractivity (Wildman–Crippen MR) is 93.7 cm³/mol. The molecular weight excluding hydrogens is 306 g/mol. The molecule has 124 valence electrons. The highest BCUT2D eigenvalue weighted by molar-refractivity contribution is 7.89. The zero-order chi connectivity index (χ0) is 16.8. The predicted octanol–water partition coefficient (Wildman–Crippen LogP) is 3.92. The third kappa shape index (κ3) is 3.02. The third-order valence-electron chi connectivity index (χ3n) is 5.05. The van der Waals surface area contributed by atoms with Gasteiger partial charge in [0.25, 0.3) is 0 Å². The Labute approximate surface area is 139 Å². The maximum atomic E-state index is 12.9. The Hall–Kier alpha value is -1.39. The standard InChI is InChI=1S/C19H25NO2S/c1-13(2)18-10-15(4)9-16-11-20(12-19(16)18)23(21,22)17-7-5-14(3)6-8-17/h5-9,16,19H,10-12H2,1-4H3. The van der Waals surface area contributed by atoms with E-state index in [4.69, 9.17) is 0 Å². The summed E-state index contributed by atoms with van der Waals surface area (Å²) < 4.78 is 27.5. The molecule has 1 heterocycles. The van der Waals surface area contributed by atoms with Crippen molar-refractivity contribution in [1.29, 1.82) is 0 Å². The van der Waals surface area contributed by atoms with E-state index in [2.05, 4.69) is 26.8 Å². The zero-order valence-electron chi connectivity index (χ0n) is 14.3. The van der Waals surface area contributed by atoms with Crippen LogP contribution in [0.3, 0.4) is 0 Å². The van der Waals surface area contributed by atoms with Gasteiger partial charge in [-0.2, -0.15) is 4.31 Å². The van der Waals surface area contributed by atoms with Gasteiger partial charge < -0.3 is 0 Å². The summed E-state index contributed by atoms with van der Waals surface area (Å²) in [5.74, 6) is 0.651. The Bertz CT molecular complexity index is 768. The van der Waals surface area contributed by atoms with Gasteiger partial charge in [0.15, 0.2) is 0 Å². The maximum absolute atomic E-state index is 12.9. The molecule has 2 aliphatic rings. The summed E-state index contributed by atoms with van der Waals surface area (Å²) in [6.07, 6.45) is 3.27. The molecule has 0 aromatic heterocycles. The highest BCUT2D eigenvalue weighted by atomic mass is 32.2. The molecule has 3 nitrogen and oxygen atoms in total. The molecular formula is C19H25NO2S. The first-order valence-electron chi connectivity index (χ1n) is 8.19. The molecule has 2 unspecified atom stereocenters. The van der Waals surface area contributed by atoms with Crippen molar-refractivity contribution < 1.29 is 8.42 Å². The first-order valence-corrected chi connectivity index (χ1v) is 9.63. The zero-order valence-corrected chi connectivity index (χ0v) is 15.2. The number of nitrogens with zero attached hydrogens (tertiary/aromatic N) is 1. The van der Waals surface area contributed by atoms with Gasteiger partial charge in [-0.05, 0) is 52.2 Å². The number of hydrogen-bond acceptors (Lipinski definition) is 2. The molecule has 0 radical (unpaired) electrons. The Morgan fingerprint density at radius 1 is 1.09 bits per heavy atom. The molecule has 2 atom stereocenters. The molecule has 0 N–H and O–H groups in total. The van der Waals surface area contributed by atoms with Crippen molar-refractivity contribution in [3.8, 4) is 0 Å². The minimum absolute atomic E-state index is 0.314. The van der Waals surface area contributed by atoms with E-state index in [0.29, 0.717) is 29.8 Å². The van der Waals surface area contributed by atoms with Gasteiger partial charge in [-0.15, -0.1) is 0 Å². The van der Waals surface area contributed by atoms with Crippen LogP contribution in [0.2, 0.25) is 0 Å². The second-order valence-electron chi connectivity index (χ2n) is 7.12. The highest BCUT2D eigenvalue weighted by Gasteiger charge is 2.41. The van der Waals surface area contributed by atoms with Crippen LogP contribution in [0.5, 0.6) is 0 Å². The van der Waals surface area contributed by atoms with E-state index in [1.165, 1.54) is 16.7 Å². The normalized spacial score (nSPS) is 25.2. The summed E-state index contributed by atoms with van der Waals surface area (Å²) in [6, 6.07) is 7.16. The number of rotatable bonds is 2. The van der Waals surface area contributed by atoms with Gasteiger partial charge in [0.2, 0.25) is 10.0 Å². The lowest BCUT2D eigenvalue weighted by Crippen LogP contribution is -2.29. The van der Waals surface area contributed by atoms with E-state index >= 15 is 0 Å². The number of hydrogen-bond donors (Lipinski definition) is 0. The fraction of sp³-hybridized carbons (Fsp3) is 0.474. The third-order valence-corrected chi connectivity index (χ3v) is 6.89. The average Bonchev–Trinajstić information content (AvgIpc) is 2.91. The highest BCUT2D eigenvalue weighted by Crippen LogP contribution is 2.41. The number of sulfonamides is 1. The van der Waals surface area contributed by atoms with E-state index < -0.39 is 10.0 Å². The smallest absolute Gasteiger partial charge is 0.207 e. The van der Waals surface area contributed by atoms with Crippen molar-refractivity contribution in [1.82, 2.24) is 4.31 Å². The van der Waals surface area contributed by atoms with Gasteiger partial charge in [-0.3, -0.25) is 0 Å². The monoisotopic (exact) mass is 331 g/mol. The van der Waals surface area contributed by atoms with Crippen LogP contribution >= 0.6 is 0 Å². The molecule has 1 aromatic carbocycles. The minimum atomic E-state index is -3.40. The molecule has 1 saturated heterocycles. The van der Waals surface area contributed by atoms with Crippen LogP contribution in [0.1, 0.15) is 32.8 Å². The van der Waals surface area contributed by atoms with Crippen LogP contribution in [0.25, 0.3) is 0 Å². The van der Waals surface area contributed by atoms with Gasteiger partial charge in [0.05, 0.1) is 4.90 Å². The van der Waals surface area contributed by atoms with Gasteiger partial charge >= 0.3 is 0 Å². The Kier molecular flexibility index (Phi) is 4.23. The van der Waals surface area contributed by atoms with Crippen molar-refractivity contribution >= 4 is 10.0 Å². The van der Waals surface area contributed by atoms with E-state index in [1.807, 2.05) is 19.1 Å². The molecule has 23 heavy (non-hydrogen) atoms. The van der Waals surface area contributed by atoms with Crippen molar-refractivity contribution in [3.05, 3.63) is 52.6 Å². The fourth-order valence-corrected chi connectivity index (χ4v) is 5.29. The van der Waals surface area contributed by atoms with Gasteiger partial charge in [-0.25, -0.2) is 8.42 Å². The molecule has 0 amide bonds. The average molecular weight is 331 g/mol. The fourth-order valence-electron chi connectivity index (χ4n) is 3.79. The lowest BCUT2D eigenvalue weighted by Gasteiger charge is -2.27. The minimum Gasteiger partial charge on any atom is -0.207 e. The van der Waals surface area contributed by atoms with Gasteiger partial charge in [-0.1, -0.05) is 40.5 Å². The Morgan fingerprint density at radius 3 is 2.35 bits per heavy atom. The van der Waals surface area contributed by atoms with E-state index in [-0.39, 0.29) is 0 Å². The summed E-state index contributed by atoms with van der Waals surface area (Å²) >= 11 is 0. The molecule has 1 aromatic rings. The van der Waals surface area contributed by atoms with Crippen LogP contribution in [0.4, 0.5) is 0 Å². The van der Waals surface area contributed by atoms with Crippen LogP contribution in [0, 0.1) is 18.8 Å². The quantitative estimate of drug-likeness (QED) is 0.770. The lowest BCUT2D eigenvalue weighted by molar-refractivity contribution is 0.466. The molecule has 3 rings (SSSR count). The van der Waals surface area contributed by atoms with E-state index in [9.17, 15) is 8.42 Å². The topological polar surface area (TPSA) is 37.4 Å². The second kappa shape index (κ2) is 5.91. The molecule has 1 aliphatic heterocycles. The number of aryl methyl sites for hydroxylation is 1. The van der Waals surface area contributed by atoms with Crippen LogP contribution in [0.15, 0.2) is 52.0 Å². The van der Waals surface area contributed by atoms with E-state index in [0.717, 1.165) is 12.0 Å². The Morgan fingerprint density at radius 2 is 1.74 bits per heavy atom. The van der Waals surface area contributed by atoms with Crippen molar-refractivity contribution in [2.45, 2.75) is 39.0 Å². The van der Waals surface area contributed by atoms with Crippen molar-refractivity contribution in [2.75, 3.05) is 13.1 Å². The summed E-state index contributed by atoms with van der Waals surface area (Å²) in [5, 5.41) is 0. The summed E-state index contributed by atoms with van der Waals surface area (Å²) in [6.45, 7) is 9.59.